The summed E-state index contributed by atoms with van der Waals surface area (Å²) in [4.78, 5) is 13.0. The van der Waals surface area contributed by atoms with Crippen molar-refractivity contribution in [1.82, 2.24) is 4.90 Å². The standard InChI is InChI=1S/C12H17ClN2O2.ClH/c1-15(12(16)6-7-14)8-9-17-11-5-3-2-4-10(11)13;/h2-5H,6-9,14H2,1H3;1H. The molecule has 0 saturated carbocycles. The van der Waals surface area contributed by atoms with Gasteiger partial charge in [0.25, 0.3) is 0 Å². The molecule has 0 aliphatic rings. The molecule has 0 aromatic heterocycles. The minimum absolute atomic E-state index is 0. The highest BCUT2D eigenvalue weighted by atomic mass is 35.5. The number of para-hydroxylation sites is 1. The van der Waals surface area contributed by atoms with E-state index in [9.17, 15) is 4.79 Å². The second-order valence-electron chi connectivity index (χ2n) is 3.63. The molecule has 0 fully saturated rings. The number of likely N-dealkylation sites (N-methyl/N-ethyl adjacent to an activating group) is 1. The Labute approximate surface area is 118 Å². The number of ether oxygens (including phenoxy) is 1. The summed E-state index contributed by atoms with van der Waals surface area (Å²) >= 11 is 5.93. The molecule has 0 aliphatic carbocycles. The van der Waals surface area contributed by atoms with Gasteiger partial charge in [-0.05, 0) is 12.1 Å². The number of hydrogen-bond acceptors (Lipinski definition) is 3. The quantitative estimate of drug-likeness (QED) is 0.872. The van der Waals surface area contributed by atoms with Gasteiger partial charge in [-0.25, -0.2) is 0 Å². The highest BCUT2D eigenvalue weighted by Gasteiger charge is 2.07. The number of halogens is 2. The number of amides is 1. The molecule has 0 atom stereocenters. The van der Waals surface area contributed by atoms with Gasteiger partial charge in [-0.1, -0.05) is 23.7 Å². The molecule has 0 saturated heterocycles. The number of carbonyl (C=O) groups is 1. The van der Waals surface area contributed by atoms with Crippen molar-refractivity contribution in [2.45, 2.75) is 6.42 Å². The first-order valence-corrected chi connectivity index (χ1v) is 5.84. The number of carbonyl (C=O) groups excluding carboxylic acids is 1. The van der Waals surface area contributed by atoms with E-state index < -0.39 is 0 Å². The van der Waals surface area contributed by atoms with Gasteiger partial charge in [-0.2, -0.15) is 0 Å². The van der Waals surface area contributed by atoms with Crippen LogP contribution >= 0.6 is 24.0 Å². The van der Waals surface area contributed by atoms with E-state index in [0.29, 0.717) is 36.9 Å². The maximum Gasteiger partial charge on any atom is 0.223 e. The molecule has 1 rings (SSSR count). The molecular weight excluding hydrogens is 275 g/mol. The third kappa shape index (κ3) is 5.58. The molecule has 1 aromatic rings. The molecule has 0 bridgehead atoms. The zero-order valence-electron chi connectivity index (χ0n) is 10.3. The monoisotopic (exact) mass is 292 g/mol. The predicted octanol–water partition coefficient (Wildman–Crippen LogP) is 1.95. The van der Waals surface area contributed by atoms with E-state index in [0.717, 1.165) is 0 Å². The fourth-order valence-electron chi connectivity index (χ4n) is 1.29. The van der Waals surface area contributed by atoms with Gasteiger partial charge >= 0.3 is 0 Å². The molecule has 4 nitrogen and oxygen atoms in total. The summed E-state index contributed by atoms with van der Waals surface area (Å²) in [5.74, 6) is 0.657. The van der Waals surface area contributed by atoms with E-state index in [-0.39, 0.29) is 18.3 Å². The lowest BCUT2D eigenvalue weighted by Gasteiger charge is -2.17. The van der Waals surface area contributed by atoms with Crippen LogP contribution in [0.25, 0.3) is 0 Å². The van der Waals surface area contributed by atoms with Gasteiger partial charge in [0.15, 0.2) is 0 Å². The SMILES string of the molecule is CN(CCOc1ccccc1Cl)C(=O)CCN.Cl. The molecule has 1 amide bonds. The first-order chi connectivity index (χ1) is 8.15. The van der Waals surface area contributed by atoms with E-state index in [1.807, 2.05) is 12.1 Å². The molecule has 2 N–H and O–H groups in total. The highest BCUT2D eigenvalue weighted by Crippen LogP contribution is 2.22. The number of rotatable bonds is 6. The van der Waals surface area contributed by atoms with Gasteiger partial charge in [0.05, 0.1) is 11.6 Å². The molecule has 0 spiro atoms. The minimum Gasteiger partial charge on any atom is -0.490 e. The normalized spacial score (nSPS) is 9.50. The summed E-state index contributed by atoms with van der Waals surface area (Å²) in [7, 11) is 1.73. The first-order valence-electron chi connectivity index (χ1n) is 5.46. The summed E-state index contributed by atoms with van der Waals surface area (Å²) < 4.78 is 5.48. The molecule has 0 unspecified atom stereocenters. The van der Waals surface area contributed by atoms with E-state index in [1.54, 1.807) is 24.1 Å². The Hall–Kier alpha value is -0.970. The average Bonchev–Trinajstić information content (AvgIpc) is 2.31. The number of nitrogens with zero attached hydrogens (tertiary/aromatic N) is 1. The van der Waals surface area contributed by atoms with E-state index in [4.69, 9.17) is 22.1 Å². The first kappa shape index (κ1) is 17.0. The van der Waals surface area contributed by atoms with Gasteiger partial charge in [0.2, 0.25) is 5.91 Å². The predicted molar refractivity (Wildman–Crippen MR) is 75.5 cm³/mol. The van der Waals surface area contributed by atoms with Crippen LogP contribution in [0.2, 0.25) is 5.02 Å². The van der Waals surface area contributed by atoms with Crippen molar-refractivity contribution in [3.05, 3.63) is 29.3 Å². The molecule has 0 aliphatic heterocycles. The summed E-state index contributed by atoms with van der Waals surface area (Å²) in [5.41, 5.74) is 5.31. The van der Waals surface area contributed by atoms with Crippen molar-refractivity contribution in [3.63, 3.8) is 0 Å². The van der Waals surface area contributed by atoms with Gasteiger partial charge in [-0.15, -0.1) is 12.4 Å². The molecule has 0 heterocycles. The highest BCUT2D eigenvalue weighted by molar-refractivity contribution is 6.32. The zero-order valence-corrected chi connectivity index (χ0v) is 11.8. The Morgan fingerprint density at radius 2 is 2.11 bits per heavy atom. The smallest absolute Gasteiger partial charge is 0.223 e. The Kier molecular flexibility index (Phi) is 8.54. The lowest BCUT2D eigenvalue weighted by atomic mass is 10.3. The van der Waals surface area contributed by atoms with Crippen molar-refractivity contribution < 1.29 is 9.53 Å². The van der Waals surface area contributed by atoms with Crippen LogP contribution in [0, 0.1) is 0 Å². The molecule has 102 valence electrons. The molecule has 6 heteroatoms. The molecular formula is C12H18Cl2N2O2. The average molecular weight is 293 g/mol. The van der Waals surface area contributed by atoms with E-state index in [2.05, 4.69) is 0 Å². The van der Waals surface area contributed by atoms with Gasteiger partial charge < -0.3 is 15.4 Å². The van der Waals surface area contributed by atoms with Crippen molar-refractivity contribution in [2.75, 3.05) is 26.7 Å². The third-order valence-electron chi connectivity index (χ3n) is 2.30. The van der Waals surface area contributed by atoms with Crippen LogP contribution in [0.4, 0.5) is 0 Å². The second-order valence-corrected chi connectivity index (χ2v) is 4.04. The molecule has 1 aromatic carbocycles. The maximum atomic E-state index is 11.4. The van der Waals surface area contributed by atoms with Gasteiger partial charge in [0, 0.05) is 20.0 Å². The fourth-order valence-corrected chi connectivity index (χ4v) is 1.48. The fraction of sp³-hybridized carbons (Fsp3) is 0.417. The van der Waals surface area contributed by atoms with Crippen molar-refractivity contribution in [1.29, 1.82) is 0 Å². The lowest BCUT2D eigenvalue weighted by Crippen LogP contribution is -2.32. The van der Waals surface area contributed by atoms with E-state index in [1.165, 1.54) is 0 Å². The van der Waals surface area contributed by atoms with E-state index >= 15 is 0 Å². The third-order valence-corrected chi connectivity index (χ3v) is 2.62. The summed E-state index contributed by atoms with van der Waals surface area (Å²) in [6.45, 7) is 1.30. The Morgan fingerprint density at radius 3 is 2.72 bits per heavy atom. The maximum absolute atomic E-state index is 11.4. The zero-order chi connectivity index (χ0) is 12.7. The van der Waals surface area contributed by atoms with Crippen LogP contribution in [0.1, 0.15) is 6.42 Å². The summed E-state index contributed by atoms with van der Waals surface area (Å²) in [6.07, 6.45) is 0.364. The van der Waals surface area contributed by atoms with Crippen LogP contribution in [-0.4, -0.2) is 37.6 Å². The van der Waals surface area contributed by atoms with Crippen molar-refractivity contribution in [3.8, 4) is 5.75 Å². The largest absolute Gasteiger partial charge is 0.490 e. The number of hydrogen-bond donors (Lipinski definition) is 1. The second kappa shape index (κ2) is 9.03. The number of nitrogens with two attached hydrogens (primary N) is 1. The minimum atomic E-state index is 0. The van der Waals surface area contributed by atoms with Crippen LogP contribution in [-0.2, 0) is 4.79 Å². The van der Waals surface area contributed by atoms with Crippen LogP contribution in [0.5, 0.6) is 5.75 Å². The molecule has 0 radical (unpaired) electrons. The lowest BCUT2D eigenvalue weighted by molar-refractivity contribution is -0.130. The summed E-state index contributed by atoms with van der Waals surface area (Å²) in [5, 5.41) is 0.573. The summed E-state index contributed by atoms with van der Waals surface area (Å²) in [6, 6.07) is 7.25. The number of benzene rings is 1. The van der Waals surface area contributed by atoms with Crippen LogP contribution in [0.15, 0.2) is 24.3 Å². The molecule has 18 heavy (non-hydrogen) atoms. The van der Waals surface area contributed by atoms with Gasteiger partial charge in [-0.3, -0.25) is 4.79 Å². The van der Waals surface area contributed by atoms with Crippen molar-refractivity contribution in [2.24, 2.45) is 5.73 Å². The Bertz CT molecular complexity index is 375. The van der Waals surface area contributed by atoms with Gasteiger partial charge in [0.1, 0.15) is 12.4 Å². The topological polar surface area (TPSA) is 55.6 Å². The van der Waals surface area contributed by atoms with Crippen LogP contribution < -0.4 is 10.5 Å². The Balaban J connectivity index is 0.00000289. The van der Waals surface area contributed by atoms with Crippen LogP contribution in [0.3, 0.4) is 0 Å². The Morgan fingerprint density at radius 1 is 1.44 bits per heavy atom. The van der Waals surface area contributed by atoms with Crippen molar-refractivity contribution >= 4 is 29.9 Å².